The van der Waals surface area contributed by atoms with Crippen molar-refractivity contribution in [3.63, 3.8) is 0 Å². The van der Waals surface area contributed by atoms with Crippen LogP contribution in [0.5, 0.6) is 0 Å². The summed E-state index contributed by atoms with van der Waals surface area (Å²) < 4.78 is 39.3. The molecule has 108 valence electrons. The molecule has 0 aliphatic heterocycles. The fourth-order valence-corrected chi connectivity index (χ4v) is 1.49. The van der Waals surface area contributed by atoms with Gasteiger partial charge in [0.05, 0.1) is 11.3 Å². The summed E-state index contributed by atoms with van der Waals surface area (Å²) in [6.45, 7) is 0. The lowest BCUT2D eigenvalue weighted by atomic mass is 10.2. The number of carbonyl (C=O) groups is 2. The van der Waals surface area contributed by atoms with Gasteiger partial charge < -0.3 is 10.4 Å². The minimum absolute atomic E-state index is 0.144. The van der Waals surface area contributed by atoms with Crippen molar-refractivity contribution in [2.75, 3.05) is 5.32 Å². The zero-order valence-electron chi connectivity index (χ0n) is 10.2. The number of halogens is 3. The molecular formula is C13H7F3N2O3. The number of carbonyl (C=O) groups excluding carboxylic acids is 1. The van der Waals surface area contributed by atoms with Crippen LogP contribution in [0.25, 0.3) is 0 Å². The second kappa shape index (κ2) is 5.61. The van der Waals surface area contributed by atoms with Gasteiger partial charge in [0.15, 0.2) is 11.6 Å². The quantitative estimate of drug-likeness (QED) is 0.853. The van der Waals surface area contributed by atoms with E-state index >= 15 is 0 Å². The van der Waals surface area contributed by atoms with Crippen molar-refractivity contribution in [1.29, 1.82) is 0 Å². The molecule has 0 saturated carbocycles. The Labute approximate surface area is 116 Å². The standard InChI is InChI=1S/C13H7F3N2O3/c14-7-3-8(15)11(16)10(4-7)18-12(19)9-2-1-6(5-17-9)13(20)21/h1-5H,(H,18,19)(H,20,21). The van der Waals surface area contributed by atoms with Gasteiger partial charge in [-0.2, -0.15) is 0 Å². The van der Waals surface area contributed by atoms with Crippen molar-refractivity contribution in [2.45, 2.75) is 0 Å². The van der Waals surface area contributed by atoms with Gasteiger partial charge in [-0.1, -0.05) is 0 Å². The normalized spacial score (nSPS) is 10.2. The highest BCUT2D eigenvalue weighted by Gasteiger charge is 2.15. The van der Waals surface area contributed by atoms with Crippen LogP contribution in [0.15, 0.2) is 30.5 Å². The third kappa shape index (κ3) is 3.16. The number of anilines is 1. The van der Waals surface area contributed by atoms with Gasteiger partial charge in [-0.3, -0.25) is 9.78 Å². The average molecular weight is 296 g/mol. The summed E-state index contributed by atoms with van der Waals surface area (Å²) >= 11 is 0. The van der Waals surface area contributed by atoms with Crippen molar-refractivity contribution in [3.05, 3.63) is 59.2 Å². The van der Waals surface area contributed by atoms with Gasteiger partial charge in [0, 0.05) is 18.3 Å². The van der Waals surface area contributed by atoms with Crippen molar-refractivity contribution >= 4 is 17.6 Å². The predicted molar refractivity (Wildman–Crippen MR) is 65.5 cm³/mol. The van der Waals surface area contributed by atoms with Gasteiger partial charge in [0.1, 0.15) is 11.5 Å². The number of amides is 1. The zero-order chi connectivity index (χ0) is 15.6. The van der Waals surface area contributed by atoms with E-state index in [1.54, 1.807) is 0 Å². The monoisotopic (exact) mass is 296 g/mol. The van der Waals surface area contributed by atoms with Crippen LogP contribution < -0.4 is 5.32 Å². The minimum Gasteiger partial charge on any atom is -0.478 e. The van der Waals surface area contributed by atoms with E-state index in [1.165, 1.54) is 0 Å². The number of nitrogens with one attached hydrogen (secondary N) is 1. The number of hydrogen-bond acceptors (Lipinski definition) is 3. The predicted octanol–water partition coefficient (Wildman–Crippen LogP) is 2.45. The van der Waals surface area contributed by atoms with E-state index in [2.05, 4.69) is 4.98 Å². The Bertz CT molecular complexity index is 717. The average Bonchev–Trinajstić information content (AvgIpc) is 2.44. The molecule has 1 heterocycles. The first-order chi connectivity index (χ1) is 9.88. The number of carboxylic acids is 1. The molecule has 1 aromatic heterocycles. The molecule has 0 bridgehead atoms. The van der Waals surface area contributed by atoms with Crippen LogP contribution in [-0.4, -0.2) is 22.0 Å². The van der Waals surface area contributed by atoms with Gasteiger partial charge in [-0.15, -0.1) is 0 Å². The molecule has 0 saturated heterocycles. The van der Waals surface area contributed by atoms with E-state index in [1.807, 2.05) is 5.32 Å². The maximum absolute atomic E-state index is 13.4. The molecular weight excluding hydrogens is 289 g/mol. The summed E-state index contributed by atoms with van der Waals surface area (Å²) in [5, 5.41) is 10.6. The fraction of sp³-hybridized carbons (Fsp3) is 0. The van der Waals surface area contributed by atoms with Gasteiger partial charge in [-0.25, -0.2) is 18.0 Å². The van der Waals surface area contributed by atoms with Gasteiger partial charge in [0.2, 0.25) is 0 Å². The molecule has 1 amide bonds. The molecule has 0 atom stereocenters. The van der Waals surface area contributed by atoms with Gasteiger partial charge in [0.25, 0.3) is 5.91 Å². The smallest absolute Gasteiger partial charge is 0.337 e. The lowest BCUT2D eigenvalue weighted by Gasteiger charge is -2.07. The second-order valence-corrected chi connectivity index (χ2v) is 3.94. The zero-order valence-corrected chi connectivity index (χ0v) is 10.2. The Morgan fingerprint density at radius 2 is 1.86 bits per heavy atom. The van der Waals surface area contributed by atoms with E-state index in [0.717, 1.165) is 18.3 Å². The Hall–Kier alpha value is -2.90. The minimum atomic E-state index is -1.44. The van der Waals surface area contributed by atoms with E-state index in [-0.39, 0.29) is 11.3 Å². The van der Waals surface area contributed by atoms with E-state index in [9.17, 15) is 22.8 Å². The van der Waals surface area contributed by atoms with Crippen molar-refractivity contribution in [1.82, 2.24) is 4.98 Å². The Morgan fingerprint density at radius 3 is 2.43 bits per heavy atom. The van der Waals surface area contributed by atoms with Crippen LogP contribution >= 0.6 is 0 Å². The number of aromatic carboxylic acids is 1. The molecule has 2 aromatic rings. The molecule has 21 heavy (non-hydrogen) atoms. The molecule has 2 N–H and O–H groups in total. The maximum atomic E-state index is 13.4. The largest absolute Gasteiger partial charge is 0.478 e. The van der Waals surface area contributed by atoms with Crippen molar-refractivity contribution in [2.24, 2.45) is 0 Å². The number of aromatic nitrogens is 1. The molecule has 1 aromatic carbocycles. The van der Waals surface area contributed by atoms with Crippen molar-refractivity contribution in [3.8, 4) is 0 Å². The van der Waals surface area contributed by atoms with Crippen LogP contribution in [0.4, 0.5) is 18.9 Å². The van der Waals surface area contributed by atoms with Crippen LogP contribution in [0.1, 0.15) is 20.8 Å². The first-order valence-electron chi connectivity index (χ1n) is 5.53. The summed E-state index contributed by atoms with van der Waals surface area (Å²) in [6.07, 6.45) is 0.930. The van der Waals surface area contributed by atoms with Crippen LogP contribution in [0.2, 0.25) is 0 Å². The van der Waals surface area contributed by atoms with Gasteiger partial charge in [-0.05, 0) is 12.1 Å². The number of pyridine rings is 1. The number of benzene rings is 1. The summed E-state index contributed by atoms with van der Waals surface area (Å²) in [5.41, 5.74) is -1.06. The number of rotatable bonds is 3. The van der Waals surface area contributed by atoms with E-state index in [0.29, 0.717) is 12.1 Å². The molecule has 2 rings (SSSR count). The summed E-state index contributed by atoms with van der Waals surface area (Å²) in [7, 11) is 0. The molecule has 0 spiro atoms. The van der Waals surface area contributed by atoms with Crippen molar-refractivity contribution < 1.29 is 27.9 Å². The van der Waals surface area contributed by atoms with Crippen LogP contribution in [0.3, 0.4) is 0 Å². The lowest BCUT2D eigenvalue weighted by molar-refractivity contribution is 0.0695. The summed E-state index contributed by atoms with van der Waals surface area (Å²) in [5.74, 6) is -6.08. The number of nitrogens with zero attached hydrogens (tertiary/aromatic N) is 1. The fourth-order valence-electron chi connectivity index (χ4n) is 1.49. The topological polar surface area (TPSA) is 79.3 Å². The van der Waals surface area contributed by atoms with Crippen LogP contribution in [-0.2, 0) is 0 Å². The highest BCUT2D eigenvalue weighted by atomic mass is 19.2. The second-order valence-electron chi connectivity index (χ2n) is 3.94. The highest BCUT2D eigenvalue weighted by molar-refractivity contribution is 6.03. The highest BCUT2D eigenvalue weighted by Crippen LogP contribution is 2.19. The third-order valence-electron chi connectivity index (χ3n) is 2.48. The molecule has 0 aliphatic carbocycles. The number of hydrogen-bond donors (Lipinski definition) is 2. The first kappa shape index (κ1) is 14.5. The number of carboxylic acid groups (broad SMARTS) is 1. The van der Waals surface area contributed by atoms with E-state index < -0.39 is 35.0 Å². The lowest BCUT2D eigenvalue weighted by Crippen LogP contribution is -2.15. The molecule has 0 unspecified atom stereocenters. The summed E-state index contributed by atoms with van der Waals surface area (Å²) in [4.78, 5) is 25.9. The Morgan fingerprint density at radius 1 is 1.14 bits per heavy atom. The van der Waals surface area contributed by atoms with E-state index in [4.69, 9.17) is 5.11 Å². The molecule has 0 fully saturated rings. The Kier molecular flexibility index (Phi) is 3.88. The molecule has 5 nitrogen and oxygen atoms in total. The summed E-state index contributed by atoms with van der Waals surface area (Å²) in [6, 6.07) is 3.16. The SMILES string of the molecule is O=C(O)c1ccc(C(=O)Nc2cc(F)cc(F)c2F)nc1. The molecule has 0 radical (unpaired) electrons. The molecule has 0 aliphatic rings. The van der Waals surface area contributed by atoms with Gasteiger partial charge >= 0.3 is 5.97 Å². The van der Waals surface area contributed by atoms with Crippen LogP contribution in [0, 0.1) is 17.5 Å². The first-order valence-corrected chi connectivity index (χ1v) is 5.53. The third-order valence-corrected chi connectivity index (χ3v) is 2.48. The maximum Gasteiger partial charge on any atom is 0.337 e. The molecule has 8 heteroatoms. The Balaban J connectivity index is 2.24.